The average molecular weight is 274 g/mol. The Hall–Kier alpha value is -1.69. The minimum atomic E-state index is -1.41. The highest BCUT2D eigenvalue weighted by Crippen LogP contribution is 2.28. The van der Waals surface area contributed by atoms with Crippen LogP contribution < -0.4 is 0 Å². The number of aliphatic hydroxyl groups is 1. The Morgan fingerprint density at radius 1 is 1.35 bits per heavy atom. The summed E-state index contributed by atoms with van der Waals surface area (Å²) in [7, 11) is 0. The van der Waals surface area contributed by atoms with Crippen molar-refractivity contribution in [2.24, 2.45) is 0 Å². The molecule has 1 aromatic carbocycles. The Balaban J connectivity index is 1.73. The van der Waals surface area contributed by atoms with E-state index in [2.05, 4.69) is 22.2 Å². The van der Waals surface area contributed by atoms with Crippen molar-refractivity contribution in [1.29, 1.82) is 0 Å². The molecule has 0 amide bonds. The highest BCUT2D eigenvalue weighted by Gasteiger charge is 2.39. The standard InChI is InChI=1S/C15H18N2O3/c1-12-9-14(20-16-12)15(18)11-17(7-8-19-15)10-13-5-3-2-4-6-13/h2-6,9,18H,7-8,10-11H2,1H3. The van der Waals surface area contributed by atoms with Crippen molar-refractivity contribution in [3.63, 3.8) is 0 Å². The maximum Gasteiger partial charge on any atom is 0.242 e. The number of aryl methyl sites for hydroxylation is 1. The molecule has 1 aliphatic heterocycles. The van der Waals surface area contributed by atoms with E-state index in [1.165, 1.54) is 5.56 Å². The lowest BCUT2D eigenvalue weighted by atomic mass is 10.1. The summed E-state index contributed by atoms with van der Waals surface area (Å²) in [6.07, 6.45) is 0. The van der Waals surface area contributed by atoms with Crippen LogP contribution in [0.2, 0.25) is 0 Å². The molecule has 0 spiro atoms. The van der Waals surface area contributed by atoms with Crippen molar-refractivity contribution in [2.45, 2.75) is 19.3 Å². The van der Waals surface area contributed by atoms with Crippen LogP contribution in [0.4, 0.5) is 0 Å². The van der Waals surface area contributed by atoms with Gasteiger partial charge in [0, 0.05) is 19.2 Å². The smallest absolute Gasteiger partial charge is 0.242 e. The number of morpholine rings is 1. The second-order valence-electron chi connectivity index (χ2n) is 5.16. The van der Waals surface area contributed by atoms with Crippen molar-refractivity contribution in [2.75, 3.05) is 19.7 Å². The summed E-state index contributed by atoms with van der Waals surface area (Å²) >= 11 is 0. The zero-order chi connectivity index (χ0) is 14.0. The zero-order valence-corrected chi connectivity index (χ0v) is 11.5. The Bertz CT molecular complexity index is 570. The number of rotatable bonds is 3. The summed E-state index contributed by atoms with van der Waals surface area (Å²) in [5.74, 6) is -1.04. The van der Waals surface area contributed by atoms with Gasteiger partial charge in [-0.15, -0.1) is 0 Å². The largest absolute Gasteiger partial charge is 0.358 e. The van der Waals surface area contributed by atoms with Gasteiger partial charge in [0.1, 0.15) is 0 Å². The molecular weight excluding hydrogens is 256 g/mol. The first-order chi connectivity index (χ1) is 9.66. The molecule has 1 atom stereocenters. The van der Waals surface area contributed by atoms with E-state index in [0.717, 1.165) is 18.8 Å². The third-order valence-electron chi connectivity index (χ3n) is 3.45. The first-order valence-electron chi connectivity index (χ1n) is 6.72. The van der Waals surface area contributed by atoms with Crippen LogP contribution in [-0.2, 0) is 17.1 Å². The van der Waals surface area contributed by atoms with E-state index < -0.39 is 5.79 Å². The summed E-state index contributed by atoms with van der Waals surface area (Å²) in [5, 5.41) is 14.4. The van der Waals surface area contributed by atoms with Gasteiger partial charge in [0.2, 0.25) is 5.79 Å². The fraction of sp³-hybridized carbons (Fsp3) is 0.400. The number of hydrogen-bond donors (Lipinski definition) is 1. The number of hydrogen-bond acceptors (Lipinski definition) is 5. The summed E-state index contributed by atoms with van der Waals surface area (Å²) < 4.78 is 10.7. The van der Waals surface area contributed by atoms with Crippen LogP contribution in [0.25, 0.3) is 0 Å². The first-order valence-corrected chi connectivity index (χ1v) is 6.72. The molecule has 1 aromatic heterocycles. The molecule has 2 aromatic rings. The highest BCUT2D eigenvalue weighted by atomic mass is 16.6. The Kier molecular flexibility index (Phi) is 3.56. The Morgan fingerprint density at radius 2 is 2.15 bits per heavy atom. The van der Waals surface area contributed by atoms with Gasteiger partial charge < -0.3 is 14.4 Å². The van der Waals surface area contributed by atoms with E-state index in [9.17, 15) is 5.11 Å². The van der Waals surface area contributed by atoms with Gasteiger partial charge in [0.05, 0.1) is 18.8 Å². The van der Waals surface area contributed by atoms with Crippen LogP contribution in [-0.4, -0.2) is 34.9 Å². The lowest BCUT2D eigenvalue weighted by molar-refractivity contribution is -0.259. The molecule has 1 N–H and O–H groups in total. The van der Waals surface area contributed by atoms with Crippen LogP contribution >= 0.6 is 0 Å². The minimum absolute atomic E-state index is 0.368. The lowest BCUT2D eigenvalue weighted by Gasteiger charge is -2.37. The third-order valence-corrected chi connectivity index (χ3v) is 3.45. The van der Waals surface area contributed by atoms with Crippen molar-refractivity contribution in [3.05, 3.63) is 53.4 Å². The van der Waals surface area contributed by atoms with Crippen molar-refractivity contribution in [3.8, 4) is 0 Å². The second kappa shape index (κ2) is 5.36. The quantitative estimate of drug-likeness (QED) is 0.922. The summed E-state index contributed by atoms with van der Waals surface area (Å²) in [5.41, 5.74) is 1.95. The molecule has 2 heterocycles. The molecule has 106 valence electrons. The topological polar surface area (TPSA) is 58.7 Å². The number of nitrogens with zero attached hydrogens (tertiary/aromatic N) is 2. The number of benzene rings is 1. The molecule has 0 bridgehead atoms. The number of β-amino-alcohol motifs (C(OH)–C–C–N with tert-alkyl or cyclic N) is 1. The molecule has 1 saturated heterocycles. The first kappa shape index (κ1) is 13.3. The SMILES string of the molecule is Cc1cc(C2(O)CN(Cc3ccccc3)CCO2)on1. The molecule has 0 saturated carbocycles. The molecule has 1 aliphatic rings. The summed E-state index contributed by atoms with van der Waals surface area (Å²) in [6, 6.07) is 11.9. The van der Waals surface area contributed by atoms with Crippen LogP contribution in [0, 0.1) is 6.92 Å². The summed E-state index contributed by atoms with van der Waals surface area (Å²) in [4.78, 5) is 2.15. The monoisotopic (exact) mass is 274 g/mol. The van der Waals surface area contributed by atoms with Crippen LogP contribution in [0.5, 0.6) is 0 Å². The van der Waals surface area contributed by atoms with Gasteiger partial charge in [-0.3, -0.25) is 4.90 Å². The zero-order valence-electron chi connectivity index (χ0n) is 11.5. The van der Waals surface area contributed by atoms with Gasteiger partial charge in [0.15, 0.2) is 5.76 Å². The van der Waals surface area contributed by atoms with E-state index in [-0.39, 0.29) is 0 Å². The van der Waals surface area contributed by atoms with Crippen molar-refractivity contribution >= 4 is 0 Å². The van der Waals surface area contributed by atoms with E-state index >= 15 is 0 Å². The molecule has 0 aliphatic carbocycles. The Morgan fingerprint density at radius 3 is 2.85 bits per heavy atom. The van der Waals surface area contributed by atoms with E-state index in [0.29, 0.717) is 18.9 Å². The highest BCUT2D eigenvalue weighted by molar-refractivity contribution is 5.15. The fourth-order valence-corrected chi connectivity index (χ4v) is 2.44. The van der Waals surface area contributed by atoms with E-state index in [1.54, 1.807) is 6.07 Å². The number of ether oxygens (including phenoxy) is 1. The molecule has 1 fully saturated rings. The maximum absolute atomic E-state index is 10.6. The van der Waals surface area contributed by atoms with Gasteiger partial charge in [-0.2, -0.15) is 0 Å². The minimum Gasteiger partial charge on any atom is -0.358 e. The second-order valence-corrected chi connectivity index (χ2v) is 5.16. The van der Waals surface area contributed by atoms with Crippen LogP contribution in [0.1, 0.15) is 17.0 Å². The normalized spacial score (nSPS) is 23.9. The molecule has 5 nitrogen and oxygen atoms in total. The summed E-state index contributed by atoms with van der Waals surface area (Å²) in [6.45, 7) is 4.21. The van der Waals surface area contributed by atoms with Gasteiger partial charge in [-0.05, 0) is 12.5 Å². The predicted molar refractivity (Wildman–Crippen MR) is 72.8 cm³/mol. The van der Waals surface area contributed by atoms with Crippen molar-refractivity contribution < 1.29 is 14.4 Å². The van der Waals surface area contributed by atoms with Gasteiger partial charge in [-0.25, -0.2) is 0 Å². The maximum atomic E-state index is 10.6. The van der Waals surface area contributed by atoms with Gasteiger partial charge in [-0.1, -0.05) is 35.5 Å². The van der Waals surface area contributed by atoms with Crippen LogP contribution in [0.15, 0.2) is 40.9 Å². The molecular formula is C15H18N2O3. The molecule has 3 rings (SSSR count). The fourth-order valence-electron chi connectivity index (χ4n) is 2.44. The Labute approximate surface area is 117 Å². The molecule has 0 radical (unpaired) electrons. The molecule has 5 heteroatoms. The third kappa shape index (κ3) is 2.75. The molecule has 1 unspecified atom stereocenters. The van der Waals surface area contributed by atoms with Gasteiger partial charge >= 0.3 is 0 Å². The van der Waals surface area contributed by atoms with E-state index in [4.69, 9.17) is 9.26 Å². The lowest BCUT2D eigenvalue weighted by Crippen LogP contribution is -2.49. The average Bonchev–Trinajstić information content (AvgIpc) is 2.88. The number of aromatic nitrogens is 1. The molecule has 20 heavy (non-hydrogen) atoms. The van der Waals surface area contributed by atoms with Crippen LogP contribution in [0.3, 0.4) is 0 Å². The van der Waals surface area contributed by atoms with E-state index in [1.807, 2.05) is 25.1 Å². The predicted octanol–water partition coefficient (Wildman–Crippen LogP) is 1.66. The van der Waals surface area contributed by atoms with Gasteiger partial charge in [0.25, 0.3) is 0 Å². The van der Waals surface area contributed by atoms with Crippen molar-refractivity contribution in [1.82, 2.24) is 10.1 Å².